The van der Waals surface area contributed by atoms with E-state index < -0.39 is 17.6 Å². The number of rotatable bonds is 4. The maximum atomic E-state index is 12.4. The molecule has 1 heterocycles. The van der Waals surface area contributed by atoms with Crippen molar-refractivity contribution in [1.82, 2.24) is 4.90 Å². The van der Waals surface area contributed by atoms with Gasteiger partial charge in [-0.05, 0) is 37.8 Å². The molecule has 1 amide bonds. The molecule has 5 heteroatoms. The number of benzene rings is 1. The number of hydrogen-bond acceptors (Lipinski definition) is 3. The highest BCUT2D eigenvalue weighted by molar-refractivity contribution is 5.85. The Bertz CT molecular complexity index is 549. The number of carboxylic acids is 1. The molecular weight excluding hydrogens is 268 g/mol. The summed E-state index contributed by atoms with van der Waals surface area (Å²) in [5, 5.41) is 9.51. The number of hydrogen-bond donors (Lipinski definition) is 2. The SMILES string of the molecule is CC(C)(N)CCC(=O)N1CCc2ccccc2C1C(=O)O. The lowest BCUT2D eigenvalue weighted by atomic mass is 9.91. The van der Waals surface area contributed by atoms with Gasteiger partial charge >= 0.3 is 5.97 Å². The number of nitrogens with zero attached hydrogens (tertiary/aromatic N) is 1. The van der Waals surface area contributed by atoms with E-state index in [4.69, 9.17) is 5.73 Å². The van der Waals surface area contributed by atoms with E-state index in [1.165, 1.54) is 4.90 Å². The number of carbonyl (C=O) groups is 2. The van der Waals surface area contributed by atoms with Crippen molar-refractivity contribution in [1.29, 1.82) is 0 Å². The lowest BCUT2D eigenvalue weighted by Gasteiger charge is -2.35. The summed E-state index contributed by atoms with van der Waals surface area (Å²) >= 11 is 0. The quantitative estimate of drug-likeness (QED) is 0.884. The topological polar surface area (TPSA) is 83.6 Å². The van der Waals surface area contributed by atoms with E-state index in [1.54, 1.807) is 6.07 Å². The summed E-state index contributed by atoms with van der Waals surface area (Å²) in [6.07, 6.45) is 1.50. The van der Waals surface area contributed by atoms with E-state index in [0.29, 0.717) is 19.4 Å². The molecule has 1 aromatic carbocycles. The molecule has 5 nitrogen and oxygen atoms in total. The largest absolute Gasteiger partial charge is 0.479 e. The monoisotopic (exact) mass is 290 g/mol. The Kier molecular flexibility index (Phi) is 4.32. The fraction of sp³-hybridized carbons (Fsp3) is 0.500. The van der Waals surface area contributed by atoms with E-state index in [-0.39, 0.29) is 12.3 Å². The van der Waals surface area contributed by atoms with Gasteiger partial charge in [-0.1, -0.05) is 24.3 Å². The summed E-state index contributed by atoms with van der Waals surface area (Å²) < 4.78 is 0. The van der Waals surface area contributed by atoms with Gasteiger partial charge in [0.1, 0.15) is 0 Å². The third-order valence-corrected chi connectivity index (χ3v) is 3.82. The Balaban J connectivity index is 2.20. The summed E-state index contributed by atoms with van der Waals surface area (Å²) in [5.74, 6) is -1.13. The van der Waals surface area contributed by atoms with Crippen molar-refractivity contribution in [2.75, 3.05) is 6.54 Å². The number of fused-ring (bicyclic) bond motifs is 1. The van der Waals surface area contributed by atoms with Crippen molar-refractivity contribution in [3.8, 4) is 0 Å². The summed E-state index contributed by atoms with van der Waals surface area (Å²) in [4.78, 5) is 25.5. The molecule has 21 heavy (non-hydrogen) atoms. The molecule has 1 atom stereocenters. The Morgan fingerprint density at radius 2 is 2.05 bits per heavy atom. The van der Waals surface area contributed by atoms with Gasteiger partial charge in [0, 0.05) is 18.5 Å². The lowest BCUT2D eigenvalue weighted by molar-refractivity contribution is -0.151. The molecular formula is C16H22N2O3. The zero-order valence-corrected chi connectivity index (χ0v) is 12.5. The second-order valence-electron chi connectivity index (χ2n) is 6.27. The fourth-order valence-electron chi connectivity index (χ4n) is 2.67. The first-order valence-electron chi connectivity index (χ1n) is 7.18. The van der Waals surface area contributed by atoms with Gasteiger partial charge in [-0.25, -0.2) is 4.79 Å². The molecule has 0 saturated heterocycles. The Morgan fingerprint density at radius 3 is 2.67 bits per heavy atom. The minimum absolute atomic E-state index is 0.143. The number of carboxylic acid groups (broad SMARTS) is 1. The van der Waals surface area contributed by atoms with E-state index in [1.807, 2.05) is 32.0 Å². The zero-order chi connectivity index (χ0) is 15.6. The van der Waals surface area contributed by atoms with E-state index in [2.05, 4.69) is 0 Å². The standard InChI is InChI=1S/C16H22N2O3/c1-16(2,17)9-7-13(19)18-10-8-11-5-3-4-6-12(11)14(18)15(20)21/h3-6,14H,7-10,17H2,1-2H3,(H,20,21). The molecule has 3 N–H and O–H groups in total. The van der Waals surface area contributed by atoms with E-state index in [9.17, 15) is 14.7 Å². The molecule has 0 aromatic heterocycles. The minimum Gasteiger partial charge on any atom is -0.479 e. The third-order valence-electron chi connectivity index (χ3n) is 3.82. The van der Waals surface area contributed by atoms with Gasteiger partial charge in [0.05, 0.1) is 0 Å². The number of carbonyl (C=O) groups excluding carboxylic acids is 1. The normalized spacial score (nSPS) is 18.2. The highest BCUT2D eigenvalue weighted by Crippen LogP contribution is 2.30. The second kappa shape index (κ2) is 5.85. The average molecular weight is 290 g/mol. The molecule has 1 aliphatic heterocycles. The van der Waals surface area contributed by atoms with Crippen LogP contribution in [0.3, 0.4) is 0 Å². The van der Waals surface area contributed by atoms with Crippen molar-refractivity contribution < 1.29 is 14.7 Å². The van der Waals surface area contributed by atoms with Crippen LogP contribution in [0.5, 0.6) is 0 Å². The Hall–Kier alpha value is -1.88. The Morgan fingerprint density at radius 1 is 1.38 bits per heavy atom. The number of nitrogens with two attached hydrogens (primary N) is 1. The first kappa shape index (κ1) is 15.5. The highest BCUT2D eigenvalue weighted by Gasteiger charge is 2.35. The van der Waals surface area contributed by atoms with Crippen LogP contribution in [0, 0.1) is 0 Å². The molecule has 0 radical (unpaired) electrons. The van der Waals surface area contributed by atoms with Gasteiger partial charge in [-0.3, -0.25) is 4.79 Å². The lowest BCUT2D eigenvalue weighted by Crippen LogP contribution is -2.44. The maximum absolute atomic E-state index is 12.4. The van der Waals surface area contributed by atoms with Gasteiger partial charge in [-0.2, -0.15) is 0 Å². The van der Waals surface area contributed by atoms with E-state index in [0.717, 1.165) is 11.1 Å². The van der Waals surface area contributed by atoms with Crippen molar-refractivity contribution in [2.24, 2.45) is 5.73 Å². The van der Waals surface area contributed by atoms with Crippen LogP contribution in [0.4, 0.5) is 0 Å². The molecule has 1 aromatic rings. The summed E-state index contributed by atoms with van der Waals surface area (Å²) in [7, 11) is 0. The Labute approximate surface area is 124 Å². The van der Waals surface area contributed by atoms with Gasteiger partial charge < -0.3 is 15.7 Å². The molecule has 0 saturated carbocycles. The average Bonchev–Trinajstić information content (AvgIpc) is 2.42. The van der Waals surface area contributed by atoms with Gasteiger partial charge in [0.2, 0.25) is 5.91 Å². The van der Waals surface area contributed by atoms with Crippen LogP contribution >= 0.6 is 0 Å². The molecule has 0 aliphatic carbocycles. The molecule has 1 unspecified atom stereocenters. The zero-order valence-electron chi connectivity index (χ0n) is 12.5. The highest BCUT2D eigenvalue weighted by atomic mass is 16.4. The predicted molar refractivity (Wildman–Crippen MR) is 79.7 cm³/mol. The van der Waals surface area contributed by atoms with Gasteiger partial charge in [-0.15, -0.1) is 0 Å². The van der Waals surface area contributed by atoms with Crippen LogP contribution in [0.25, 0.3) is 0 Å². The van der Waals surface area contributed by atoms with Crippen molar-refractivity contribution in [2.45, 2.75) is 44.7 Å². The molecule has 1 aliphatic rings. The summed E-state index contributed by atoms with van der Waals surface area (Å²) in [5.41, 5.74) is 7.20. The molecule has 0 bridgehead atoms. The summed E-state index contributed by atoms with van der Waals surface area (Å²) in [6, 6.07) is 6.54. The number of aliphatic carboxylic acids is 1. The second-order valence-corrected chi connectivity index (χ2v) is 6.27. The van der Waals surface area contributed by atoms with E-state index >= 15 is 0 Å². The van der Waals surface area contributed by atoms with Crippen molar-refractivity contribution >= 4 is 11.9 Å². The predicted octanol–water partition coefficient (Wildman–Crippen LogP) is 1.71. The smallest absolute Gasteiger partial charge is 0.331 e. The maximum Gasteiger partial charge on any atom is 0.331 e. The molecule has 0 fully saturated rings. The van der Waals surface area contributed by atoms with Gasteiger partial charge in [0.15, 0.2) is 6.04 Å². The van der Waals surface area contributed by atoms with Crippen LogP contribution < -0.4 is 5.73 Å². The first-order chi connectivity index (χ1) is 9.79. The summed E-state index contributed by atoms with van der Waals surface area (Å²) in [6.45, 7) is 4.17. The van der Waals surface area contributed by atoms with Crippen LogP contribution in [-0.2, 0) is 16.0 Å². The fourth-order valence-corrected chi connectivity index (χ4v) is 2.67. The van der Waals surface area contributed by atoms with Crippen LogP contribution in [0.1, 0.15) is 43.9 Å². The van der Waals surface area contributed by atoms with Crippen molar-refractivity contribution in [3.63, 3.8) is 0 Å². The molecule has 0 spiro atoms. The van der Waals surface area contributed by atoms with Crippen LogP contribution in [0.2, 0.25) is 0 Å². The van der Waals surface area contributed by atoms with Crippen LogP contribution in [-0.4, -0.2) is 34.0 Å². The van der Waals surface area contributed by atoms with Crippen molar-refractivity contribution in [3.05, 3.63) is 35.4 Å². The minimum atomic E-state index is -0.984. The molecule has 114 valence electrons. The molecule has 2 rings (SSSR count). The third kappa shape index (κ3) is 3.61. The van der Waals surface area contributed by atoms with Crippen LogP contribution in [0.15, 0.2) is 24.3 Å². The number of amides is 1. The first-order valence-corrected chi connectivity index (χ1v) is 7.18. The van der Waals surface area contributed by atoms with Gasteiger partial charge in [0.25, 0.3) is 0 Å².